The molecular weight excluding hydrogens is 314 g/mol. The van der Waals surface area contributed by atoms with Gasteiger partial charge in [-0.05, 0) is 55.5 Å². The van der Waals surface area contributed by atoms with Crippen molar-refractivity contribution < 1.29 is 4.79 Å². The molecule has 6 nitrogen and oxygen atoms in total. The number of carbonyl (C=O) groups excluding carboxylic acids is 1. The third kappa shape index (κ3) is 5.17. The maximum Gasteiger partial charge on any atom is 0.317 e. The molecule has 0 spiro atoms. The van der Waals surface area contributed by atoms with Gasteiger partial charge >= 0.3 is 6.03 Å². The molecule has 2 heterocycles. The minimum atomic E-state index is -0.0158. The topological polar surface area (TPSA) is 70.2 Å². The van der Waals surface area contributed by atoms with Gasteiger partial charge in [0.05, 0.1) is 0 Å². The molecule has 2 N–H and O–H groups in total. The zero-order chi connectivity index (χ0) is 17.5. The van der Waals surface area contributed by atoms with Crippen LogP contribution < -0.4 is 10.6 Å². The van der Waals surface area contributed by atoms with Crippen molar-refractivity contribution in [3.63, 3.8) is 0 Å². The van der Waals surface area contributed by atoms with Crippen molar-refractivity contribution in [2.75, 3.05) is 12.4 Å². The number of pyridine rings is 2. The van der Waals surface area contributed by atoms with Crippen molar-refractivity contribution in [3.05, 3.63) is 54.5 Å². The summed E-state index contributed by atoms with van der Waals surface area (Å²) in [4.78, 5) is 22.4. The largest absolute Gasteiger partial charge is 0.367 e. The molecule has 2 aromatic heterocycles. The van der Waals surface area contributed by atoms with Gasteiger partial charge in [-0.3, -0.25) is 4.98 Å². The van der Waals surface area contributed by atoms with Crippen LogP contribution in [0.5, 0.6) is 0 Å². The molecule has 1 saturated carbocycles. The quantitative estimate of drug-likeness (QED) is 0.878. The fourth-order valence-electron chi connectivity index (χ4n) is 3.16. The molecule has 0 atom stereocenters. The number of nitrogens with zero attached hydrogens (tertiary/aromatic N) is 3. The van der Waals surface area contributed by atoms with E-state index in [1.54, 1.807) is 23.5 Å². The van der Waals surface area contributed by atoms with Crippen LogP contribution in [0, 0.1) is 0 Å². The van der Waals surface area contributed by atoms with Gasteiger partial charge in [-0.15, -0.1) is 0 Å². The maximum atomic E-state index is 12.4. The normalized spacial score (nSPS) is 19.9. The highest BCUT2D eigenvalue weighted by Crippen LogP contribution is 2.21. The maximum absolute atomic E-state index is 12.4. The lowest BCUT2D eigenvalue weighted by Gasteiger charge is -2.31. The molecule has 0 aromatic carbocycles. The molecular formula is C19H25N5O. The highest BCUT2D eigenvalue weighted by molar-refractivity contribution is 5.74. The predicted molar refractivity (Wildman–Crippen MR) is 98.1 cm³/mol. The average Bonchev–Trinajstić information content (AvgIpc) is 2.65. The van der Waals surface area contributed by atoms with Crippen LogP contribution in [0.4, 0.5) is 10.6 Å². The van der Waals surface area contributed by atoms with Gasteiger partial charge in [-0.25, -0.2) is 9.78 Å². The SMILES string of the molecule is CN(Cc1ccncc1)C(=O)NC1CCC(Nc2ccccn2)CC1. The second-order valence-corrected chi connectivity index (χ2v) is 6.57. The van der Waals surface area contributed by atoms with E-state index in [2.05, 4.69) is 20.6 Å². The number of anilines is 1. The first-order valence-corrected chi connectivity index (χ1v) is 8.79. The second-order valence-electron chi connectivity index (χ2n) is 6.57. The van der Waals surface area contributed by atoms with Crippen molar-refractivity contribution in [3.8, 4) is 0 Å². The lowest BCUT2D eigenvalue weighted by atomic mass is 9.91. The monoisotopic (exact) mass is 339 g/mol. The van der Waals surface area contributed by atoms with E-state index in [0.717, 1.165) is 37.1 Å². The molecule has 0 unspecified atom stereocenters. The third-order valence-corrected chi connectivity index (χ3v) is 4.59. The summed E-state index contributed by atoms with van der Waals surface area (Å²) in [5, 5.41) is 6.62. The second kappa shape index (κ2) is 8.46. The van der Waals surface area contributed by atoms with Crippen LogP contribution in [0.1, 0.15) is 31.2 Å². The third-order valence-electron chi connectivity index (χ3n) is 4.59. The molecule has 1 fully saturated rings. The number of aromatic nitrogens is 2. The van der Waals surface area contributed by atoms with Gasteiger partial charge < -0.3 is 15.5 Å². The van der Waals surface area contributed by atoms with Gasteiger partial charge in [0.2, 0.25) is 0 Å². The van der Waals surface area contributed by atoms with Crippen LogP contribution in [0.15, 0.2) is 48.9 Å². The van der Waals surface area contributed by atoms with E-state index < -0.39 is 0 Å². The minimum absolute atomic E-state index is 0.0158. The van der Waals surface area contributed by atoms with Gasteiger partial charge in [0.25, 0.3) is 0 Å². The Morgan fingerprint density at radius 1 is 1.08 bits per heavy atom. The summed E-state index contributed by atoms with van der Waals surface area (Å²) in [5.41, 5.74) is 1.08. The molecule has 1 aliphatic rings. The van der Waals surface area contributed by atoms with Gasteiger partial charge in [0.1, 0.15) is 5.82 Å². The van der Waals surface area contributed by atoms with Crippen molar-refractivity contribution in [2.24, 2.45) is 0 Å². The van der Waals surface area contributed by atoms with Gasteiger partial charge in [0, 0.05) is 44.3 Å². The molecule has 0 saturated heterocycles. The van der Waals surface area contributed by atoms with E-state index in [-0.39, 0.29) is 12.1 Å². The van der Waals surface area contributed by atoms with E-state index in [1.807, 2.05) is 37.4 Å². The van der Waals surface area contributed by atoms with E-state index >= 15 is 0 Å². The Balaban J connectivity index is 1.41. The van der Waals surface area contributed by atoms with E-state index in [9.17, 15) is 4.79 Å². The Hall–Kier alpha value is -2.63. The zero-order valence-electron chi connectivity index (χ0n) is 14.6. The van der Waals surface area contributed by atoms with E-state index in [0.29, 0.717) is 12.6 Å². The summed E-state index contributed by atoms with van der Waals surface area (Å²) >= 11 is 0. The number of carbonyl (C=O) groups is 1. The smallest absolute Gasteiger partial charge is 0.317 e. The first-order valence-electron chi connectivity index (χ1n) is 8.79. The number of rotatable bonds is 5. The molecule has 0 aliphatic heterocycles. The molecule has 132 valence electrons. The van der Waals surface area contributed by atoms with Crippen molar-refractivity contribution in [1.82, 2.24) is 20.2 Å². The molecule has 6 heteroatoms. The molecule has 2 amide bonds. The lowest BCUT2D eigenvalue weighted by molar-refractivity contribution is 0.198. The molecule has 0 radical (unpaired) electrons. The standard InChI is InChI=1S/C19H25N5O/c1-24(14-15-9-12-20-13-10-15)19(25)23-17-7-5-16(6-8-17)22-18-4-2-3-11-21-18/h2-4,9-13,16-17H,5-8,14H2,1H3,(H,21,22)(H,23,25). The minimum Gasteiger partial charge on any atom is -0.367 e. The number of amides is 2. The van der Waals surface area contributed by atoms with Gasteiger partial charge in [-0.1, -0.05) is 6.07 Å². The van der Waals surface area contributed by atoms with Crippen LogP contribution in [0.2, 0.25) is 0 Å². The first kappa shape index (κ1) is 17.2. The number of hydrogen-bond donors (Lipinski definition) is 2. The summed E-state index contributed by atoms with van der Waals surface area (Å²) in [6.07, 6.45) is 9.34. The number of urea groups is 1. The molecule has 3 rings (SSSR count). The first-order chi connectivity index (χ1) is 12.2. The summed E-state index contributed by atoms with van der Waals surface area (Å²) in [6.45, 7) is 0.588. The summed E-state index contributed by atoms with van der Waals surface area (Å²) in [6, 6.07) is 10.4. The lowest BCUT2D eigenvalue weighted by Crippen LogP contribution is -2.45. The van der Waals surface area contributed by atoms with Crippen molar-refractivity contribution >= 4 is 11.8 Å². The Morgan fingerprint density at radius 3 is 2.48 bits per heavy atom. The number of hydrogen-bond acceptors (Lipinski definition) is 4. The van der Waals surface area contributed by atoms with Crippen LogP contribution in [0.25, 0.3) is 0 Å². The van der Waals surface area contributed by atoms with Crippen LogP contribution in [0.3, 0.4) is 0 Å². The molecule has 25 heavy (non-hydrogen) atoms. The summed E-state index contributed by atoms with van der Waals surface area (Å²) in [7, 11) is 1.82. The van der Waals surface area contributed by atoms with Gasteiger partial charge in [-0.2, -0.15) is 0 Å². The van der Waals surface area contributed by atoms with Gasteiger partial charge in [0.15, 0.2) is 0 Å². The Labute approximate surface area is 148 Å². The number of nitrogens with one attached hydrogen (secondary N) is 2. The van der Waals surface area contributed by atoms with E-state index in [4.69, 9.17) is 0 Å². The fraction of sp³-hybridized carbons (Fsp3) is 0.421. The fourth-order valence-corrected chi connectivity index (χ4v) is 3.16. The van der Waals surface area contributed by atoms with Crippen LogP contribution in [-0.4, -0.2) is 40.0 Å². The average molecular weight is 339 g/mol. The Bertz CT molecular complexity index is 656. The summed E-state index contributed by atoms with van der Waals surface area (Å²) < 4.78 is 0. The van der Waals surface area contributed by atoms with Crippen molar-refractivity contribution in [1.29, 1.82) is 0 Å². The Morgan fingerprint density at radius 2 is 1.80 bits per heavy atom. The highest BCUT2D eigenvalue weighted by Gasteiger charge is 2.23. The molecule has 1 aliphatic carbocycles. The van der Waals surface area contributed by atoms with Crippen molar-refractivity contribution in [2.45, 2.75) is 44.3 Å². The summed E-state index contributed by atoms with van der Waals surface area (Å²) in [5.74, 6) is 0.923. The molecule has 0 bridgehead atoms. The van der Waals surface area contributed by atoms with Crippen LogP contribution >= 0.6 is 0 Å². The predicted octanol–water partition coefficient (Wildman–Crippen LogP) is 3.04. The van der Waals surface area contributed by atoms with E-state index in [1.165, 1.54) is 0 Å². The highest BCUT2D eigenvalue weighted by atomic mass is 16.2. The zero-order valence-corrected chi connectivity index (χ0v) is 14.6. The molecule has 2 aromatic rings. The Kier molecular flexibility index (Phi) is 5.82. The van der Waals surface area contributed by atoms with Crippen LogP contribution in [-0.2, 0) is 6.54 Å².